The van der Waals surface area contributed by atoms with Crippen LogP contribution >= 0.6 is 15.9 Å². The lowest BCUT2D eigenvalue weighted by atomic mass is 10.1. The third-order valence-electron chi connectivity index (χ3n) is 3.58. The number of aromatic nitrogens is 1. The minimum atomic E-state index is -0.0158. The highest BCUT2D eigenvalue weighted by molar-refractivity contribution is 9.10. The first-order valence-electron chi connectivity index (χ1n) is 6.58. The molecule has 0 amide bonds. The van der Waals surface area contributed by atoms with Crippen molar-refractivity contribution in [3.05, 3.63) is 28.5 Å². The summed E-state index contributed by atoms with van der Waals surface area (Å²) in [7, 11) is 4.12. The number of carbonyl (C=O) groups is 1. The van der Waals surface area contributed by atoms with E-state index in [0.717, 1.165) is 36.2 Å². The fourth-order valence-electron chi connectivity index (χ4n) is 2.43. The van der Waals surface area contributed by atoms with E-state index in [9.17, 15) is 4.79 Å². The first-order chi connectivity index (χ1) is 9.06. The fraction of sp³-hybridized carbons (Fsp3) is 0.571. The first-order valence-corrected chi connectivity index (χ1v) is 7.37. The van der Waals surface area contributed by atoms with E-state index in [-0.39, 0.29) is 11.8 Å². The van der Waals surface area contributed by atoms with Crippen LogP contribution in [0, 0.1) is 0 Å². The standard InChI is InChI=1S/C14H20BrN3O/c1-17-6-3-7-18(2)13(10-17)14(19)8-12-5-4-11(15)9-16-12/h4-5,9,13H,3,6-8,10H2,1-2H3. The molecule has 1 unspecified atom stereocenters. The van der Waals surface area contributed by atoms with Crippen molar-refractivity contribution in [1.29, 1.82) is 0 Å². The van der Waals surface area contributed by atoms with Gasteiger partial charge in [0.15, 0.2) is 5.78 Å². The third-order valence-corrected chi connectivity index (χ3v) is 4.05. The smallest absolute Gasteiger partial charge is 0.157 e. The highest BCUT2D eigenvalue weighted by atomic mass is 79.9. The summed E-state index contributed by atoms with van der Waals surface area (Å²) in [5.41, 5.74) is 0.841. The molecule has 1 saturated heterocycles. The molecule has 2 heterocycles. The normalized spacial score (nSPS) is 22.2. The average Bonchev–Trinajstić information content (AvgIpc) is 2.54. The zero-order chi connectivity index (χ0) is 13.8. The van der Waals surface area contributed by atoms with Gasteiger partial charge in [0.1, 0.15) is 0 Å². The summed E-state index contributed by atoms with van der Waals surface area (Å²) in [6.07, 6.45) is 3.27. The van der Waals surface area contributed by atoms with E-state index >= 15 is 0 Å². The number of likely N-dealkylation sites (N-methyl/N-ethyl adjacent to an activating group) is 2. The predicted octanol–water partition coefficient (Wildman–Crippen LogP) is 1.59. The van der Waals surface area contributed by atoms with Gasteiger partial charge in [-0.05, 0) is 61.7 Å². The van der Waals surface area contributed by atoms with Crippen LogP contribution in [0.1, 0.15) is 12.1 Å². The second-order valence-electron chi connectivity index (χ2n) is 5.22. The molecule has 5 heteroatoms. The Bertz CT molecular complexity index is 435. The van der Waals surface area contributed by atoms with Gasteiger partial charge in [0.2, 0.25) is 0 Å². The van der Waals surface area contributed by atoms with Crippen molar-refractivity contribution in [2.45, 2.75) is 18.9 Å². The molecule has 1 fully saturated rings. The molecule has 1 aliphatic rings. The molecular formula is C14H20BrN3O. The number of Topliss-reactive ketones (excluding diaryl/α,β-unsaturated/α-hetero) is 1. The topological polar surface area (TPSA) is 36.4 Å². The van der Waals surface area contributed by atoms with Crippen molar-refractivity contribution in [3.63, 3.8) is 0 Å². The van der Waals surface area contributed by atoms with E-state index in [4.69, 9.17) is 0 Å². The lowest BCUT2D eigenvalue weighted by molar-refractivity contribution is -0.123. The maximum Gasteiger partial charge on any atom is 0.157 e. The lowest BCUT2D eigenvalue weighted by Crippen LogP contribution is -2.44. The molecule has 0 N–H and O–H groups in total. The third kappa shape index (κ3) is 4.09. The zero-order valence-corrected chi connectivity index (χ0v) is 13.1. The molecule has 104 valence electrons. The summed E-state index contributed by atoms with van der Waals surface area (Å²) in [4.78, 5) is 21.1. The first kappa shape index (κ1) is 14.6. The summed E-state index contributed by atoms with van der Waals surface area (Å²) >= 11 is 3.35. The molecule has 1 atom stereocenters. The van der Waals surface area contributed by atoms with Gasteiger partial charge in [-0.1, -0.05) is 0 Å². The van der Waals surface area contributed by atoms with Crippen molar-refractivity contribution >= 4 is 21.7 Å². The maximum atomic E-state index is 12.4. The van der Waals surface area contributed by atoms with E-state index in [1.165, 1.54) is 0 Å². The zero-order valence-electron chi connectivity index (χ0n) is 11.5. The summed E-state index contributed by atoms with van der Waals surface area (Å²) in [5.74, 6) is 0.256. The maximum absolute atomic E-state index is 12.4. The summed E-state index contributed by atoms with van der Waals surface area (Å²) in [6.45, 7) is 2.85. The molecule has 0 aromatic carbocycles. The predicted molar refractivity (Wildman–Crippen MR) is 79.2 cm³/mol. The molecule has 0 radical (unpaired) electrons. The summed E-state index contributed by atoms with van der Waals surface area (Å²) in [6, 6.07) is 3.82. The molecule has 2 rings (SSSR count). The lowest BCUT2D eigenvalue weighted by Gasteiger charge is -2.26. The van der Waals surface area contributed by atoms with Gasteiger partial charge in [-0.25, -0.2) is 0 Å². The SMILES string of the molecule is CN1CCCN(C)C(C(=O)Cc2ccc(Br)cn2)C1. The highest BCUT2D eigenvalue weighted by Crippen LogP contribution is 2.12. The molecular weight excluding hydrogens is 306 g/mol. The van der Waals surface area contributed by atoms with Crippen molar-refractivity contribution in [1.82, 2.24) is 14.8 Å². The molecule has 0 aliphatic carbocycles. The van der Waals surface area contributed by atoms with Crippen LogP contribution in [-0.2, 0) is 11.2 Å². The minimum Gasteiger partial charge on any atom is -0.304 e. The van der Waals surface area contributed by atoms with E-state index in [0.29, 0.717) is 6.42 Å². The van der Waals surface area contributed by atoms with Gasteiger partial charge in [0.05, 0.1) is 12.5 Å². The number of pyridine rings is 1. The Balaban J connectivity index is 2.03. The number of halogens is 1. The second kappa shape index (κ2) is 6.59. The molecule has 19 heavy (non-hydrogen) atoms. The molecule has 0 bridgehead atoms. The van der Waals surface area contributed by atoms with Crippen LogP contribution in [0.15, 0.2) is 22.8 Å². The molecule has 1 aliphatic heterocycles. The van der Waals surface area contributed by atoms with Crippen LogP contribution in [0.3, 0.4) is 0 Å². The van der Waals surface area contributed by atoms with E-state index in [1.807, 2.05) is 19.2 Å². The fourth-order valence-corrected chi connectivity index (χ4v) is 2.66. The Morgan fingerprint density at radius 3 is 2.89 bits per heavy atom. The number of carbonyl (C=O) groups excluding carboxylic acids is 1. The largest absolute Gasteiger partial charge is 0.304 e. The van der Waals surface area contributed by atoms with Gasteiger partial charge in [-0.3, -0.25) is 14.7 Å². The van der Waals surface area contributed by atoms with Crippen LogP contribution in [0.25, 0.3) is 0 Å². The number of hydrogen-bond acceptors (Lipinski definition) is 4. The van der Waals surface area contributed by atoms with Crippen LogP contribution in [0.2, 0.25) is 0 Å². The minimum absolute atomic E-state index is 0.0158. The van der Waals surface area contributed by atoms with E-state index in [2.05, 4.69) is 37.8 Å². The molecule has 0 spiro atoms. The Hall–Kier alpha value is -0.780. The van der Waals surface area contributed by atoms with Gasteiger partial charge >= 0.3 is 0 Å². The quantitative estimate of drug-likeness (QED) is 0.845. The monoisotopic (exact) mass is 325 g/mol. The van der Waals surface area contributed by atoms with E-state index in [1.54, 1.807) is 6.20 Å². The Morgan fingerprint density at radius 2 is 2.21 bits per heavy atom. The van der Waals surface area contributed by atoms with Gasteiger partial charge in [0.25, 0.3) is 0 Å². The van der Waals surface area contributed by atoms with Crippen molar-refractivity contribution in [3.8, 4) is 0 Å². The van der Waals surface area contributed by atoms with Gasteiger partial charge in [-0.2, -0.15) is 0 Å². The van der Waals surface area contributed by atoms with Crippen LogP contribution in [0.5, 0.6) is 0 Å². The van der Waals surface area contributed by atoms with Gasteiger partial charge in [0, 0.05) is 22.9 Å². The second-order valence-corrected chi connectivity index (χ2v) is 6.14. The van der Waals surface area contributed by atoms with E-state index < -0.39 is 0 Å². The molecule has 1 aromatic heterocycles. The Morgan fingerprint density at radius 1 is 1.42 bits per heavy atom. The summed E-state index contributed by atoms with van der Waals surface area (Å²) in [5, 5.41) is 0. The van der Waals surface area contributed by atoms with Crippen molar-refractivity contribution in [2.75, 3.05) is 33.7 Å². The van der Waals surface area contributed by atoms with Crippen molar-refractivity contribution in [2.24, 2.45) is 0 Å². The average molecular weight is 326 g/mol. The van der Waals surface area contributed by atoms with Crippen LogP contribution < -0.4 is 0 Å². The summed E-state index contributed by atoms with van der Waals surface area (Å²) < 4.78 is 0.940. The van der Waals surface area contributed by atoms with Gasteiger partial charge < -0.3 is 4.90 Å². The van der Waals surface area contributed by atoms with Gasteiger partial charge in [-0.15, -0.1) is 0 Å². The molecule has 0 saturated carbocycles. The molecule has 4 nitrogen and oxygen atoms in total. The Labute approximate surface area is 122 Å². The number of nitrogens with zero attached hydrogens (tertiary/aromatic N) is 3. The van der Waals surface area contributed by atoms with Crippen LogP contribution in [-0.4, -0.2) is 60.3 Å². The Kier molecular flexibility index (Phi) is 5.07. The molecule has 1 aromatic rings. The van der Waals surface area contributed by atoms with Crippen molar-refractivity contribution < 1.29 is 4.79 Å². The number of ketones is 1. The van der Waals surface area contributed by atoms with Crippen LogP contribution in [0.4, 0.5) is 0 Å². The highest BCUT2D eigenvalue weighted by Gasteiger charge is 2.26. The number of hydrogen-bond donors (Lipinski definition) is 0. The number of rotatable bonds is 3.